The van der Waals surface area contributed by atoms with Gasteiger partial charge in [-0.2, -0.15) is 0 Å². The first kappa shape index (κ1) is 21.1. The van der Waals surface area contributed by atoms with Gasteiger partial charge in [0.1, 0.15) is 12.2 Å². The second-order valence-electron chi connectivity index (χ2n) is 6.82. The Bertz CT molecular complexity index is 699. The van der Waals surface area contributed by atoms with Gasteiger partial charge in [0.2, 0.25) is 0 Å². The van der Waals surface area contributed by atoms with Crippen molar-refractivity contribution >= 4 is 11.9 Å². The van der Waals surface area contributed by atoms with Gasteiger partial charge in [-0.25, -0.2) is 9.59 Å². The highest BCUT2D eigenvalue weighted by Gasteiger charge is 2.44. The molecule has 0 aromatic carbocycles. The third kappa shape index (κ3) is 4.94. The van der Waals surface area contributed by atoms with Gasteiger partial charge in [-0.15, -0.1) is 0 Å². The molecule has 0 unspecified atom stereocenters. The zero-order chi connectivity index (χ0) is 20.1. The molecule has 0 saturated carbocycles. The summed E-state index contributed by atoms with van der Waals surface area (Å²) in [6.45, 7) is 6.46. The van der Waals surface area contributed by atoms with Gasteiger partial charge in [0, 0.05) is 17.6 Å². The Balaban J connectivity index is 2.43. The molecule has 1 saturated heterocycles. The Morgan fingerprint density at radius 1 is 1.44 bits per heavy atom. The largest absolute Gasteiger partial charge is 0.458 e. The van der Waals surface area contributed by atoms with Crippen molar-refractivity contribution in [3.8, 4) is 0 Å². The highest BCUT2D eigenvalue weighted by molar-refractivity contribution is 5.92. The van der Waals surface area contributed by atoms with Crippen molar-refractivity contribution < 1.29 is 34.4 Å². The van der Waals surface area contributed by atoms with Gasteiger partial charge in [0.15, 0.2) is 0 Å². The van der Waals surface area contributed by atoms with E-state index in [2.05, 4.69) is 6.58 Å². The summed E-state index contributed by atoms with van der Waals surface area (Å²) in [4.78, 5) is 24.4. The number of hydrogen-bond donors (Lipinski definition) is 3. The van der Waals surface area contributed by atoms with Crippen molar-refractivity contribution in [2.45, 2.75) is 45.0 Å². The summed E-state index contributed by atoms with van der Waals surface area (Å²) < 4.78 is 11.0. The number of fused-ring (bicyclic) bond motifs is 1. The Morgan fingerprint density at radius 2 is 2.15 bits per heavy atom. The van der Waals surface area contributed by atoms with Crippen LogP contribution >= 0.6 is 0 Å². The zero-order valence-corrected chi connectivity index (χ0v) is 15.6. The number of hydrogen-bond acceptors (Lipinski definition) is 7. The van der Waals surface area contributed by atoms with Crippen LogP contribution in [0.15, 0.2) is 47.1 Å². The number of carbonyl (C=O) groups is 2. The summed E-state index contributed by atoms with van der Waals surface area (Å²) in [5.74, 6) is -1.85. The van der Waals surface area contributed by atoms with Crippen molar-refractivity contribution in [2.24, 2.45) is 5.92 Å². The predicted octanol–water partition coefficient (Wildman–Crippen LogP) is 0.954. The van der Waals surface area contributed by atoms with Gasteiger partial charge in [0.25, 0.3) is 0 Å². The monoisotopic (exact) mass is 378 g/mol. The highest BCUT2D eigenvalue weighted by atomic mass is 16.6. The van der Waals surface area contributed by atoms with E-state index >= 15 is 0 Å². The number of esters is 2. The van der Waals surface area contributed by atoms with Crippen molar-refractivity contribution in [1.29, 1.82) is 0 Å². The summed E-state index contributed by atoms with van der Waals surface area (Å²) >= 11 is 0. The van der Waals surface area contributed by atoms with E-state index in [0.29, 0.717) is 11.1 Å². The lowest BCUT2D eigenvalue weighted by atomic mass is 9.85. The van der Waals surface area contributed by atoms with E-state index in [1.165, 1.54) is 13.0 Å². The highest BCUT2D eigenvalue weighted by Crippen LogP contribution is 2.36. The van der Waals surface area contributed by atoms with Gasteiger partial charge in [-0.1, -0.05) is 12.7 Å². The summed E-state index contributed by atoms with van der Waals surface area (Å²) in [6.07, 6.45) is 2.86. The normalized spacial score (nSPS) is 33.3. The van der Waals surface area contributed by atoms with Crippen LogP contribution in [0.4, 0.5) is 0 Å². The lowest BCUT2D eigenvalue weighted by Crippen LogP contribution is -2.34. The molecule has 2 aliphatic rings. The molecule has 2 rings (SSSR count). The minimum atomic E-state index is -0.791. The topological polar surface area (TPSA) is 113 Å². The van der Waals surface area contributed by atoms with Crippen LogP contribution in [-0.4, -0.2) is 58.8 Å². The fourth-order valence-corrected chi connectivity index (χ4v) is 3.18. The molecule has 0 spiro atoms. The van der Waals surface area contributed by atoms with Crippen LogP contribution in [0.25, 0.3) is 0 Å². The van der Waals surface area contributed by atoms with Crippen molar-refractivity contribution in [2.75, 3.05) is 13.2 Å². The molecule has 0 aromatic rings. The molecule has 3 N–H and O–H groups in total. The number of carbonyl (C=O) groups excluding carboxylic acids is 2. The summed E-state index contributed by atoms with van der Waals surface area (Å²) in [5.41, 5.74) is 1.61. The third-order valence-electron chi connectivity index (χ3n) is 4.89. The average molecular weight is 378 g/mol. The van der Waals surface area contributed by atoms with Gasteiger partial charge in [-0.3, -0.25) is 0 Å². The standard InChI is InChI=1S/C20H26O7/c1-11(6-7-21)19(24)26-17-9-14(10-22)4-5-15(23)12(2)8-16-18(17)13(3)20(25)27-16/h4,6,8,15-18,21-23H,3,5,7,9-10H2,1-2H3/b11-6+,12-8+,14-4-/t15-,16+,17+,18-/m1/s1. The summed E-state index contributed by atoms with van der Waals surface area (Å²) in [7, 11) is 0. The molecule has 4 atom stereocenters. The number of ether oxygens (including phenoxy) is 2. The maximum atomic E-state index is 12.3. The molecule has 1 aliphatic heterocycles. The van der Waals surface area contributed by atoms with Crippen LogP contribution in [-0.2, 0) is 19.1 Å². The lowest BCUT2D eigenvalue weighted by Gasteiger charge is -2.28. The van der Waals surface area contributed by atoms with E-state index in [0.717, 1.165) is 0 Å². The van der Waals surface area contributed by atoms with Crippen LogP contribution in [0, 0.1) is 5.92 Å². The Morgan fingerprint density at radius 3 is 2.78 bits per heavy atom. The number of aliphatic hydroxyl groups excluding tert-OH is 3. The fourth-order valence-electron chi connectivity index (χ4n) is 3.18. The molecule has 27 heavy (non-hydrogen) atoms. The molecule has 7 nitrogen and oxygen atoms in total. The SMILES string of the molecule is C=C1C(=O)O[C@H]2/C=C(\C)[C@H](O)C/C=C(\CO)C[C@H](OC(=O)/C(C)=C/CO)[C@H]12. The van der Waals surface area contributed by atoms with Gasteiger partial charge in [0.05, 0.1) is 25.2 Å². The van der Waals surface area contributed by atoms with E-state index in [1.807, 2.05) is 0 Å². The molecular formula is C20H26O7. The van der Waals surface area contributed by atoms with Crippen LogP contribution in [0.3, 0.4) is 0 Å². The molecule has 0 amide bonds. The molecule has 148 valence electrons. The first-order valence-electron chi connectivity index (χ1n) is 8.82. The van der Waals surface area contributed by atoms with Crippen molar-refractivity contribution in [1.82, 2.24) is 0 Å². The molecular weight excluding hydrogens is 352 g/mol. The fraction of sp³-hybridized carbons (Fsp3) is 0.500. The van der Waals surface area contributed by atoms with Crippen LogP contribution in [0.1, 0.15) is 26.7 Å². The molecule has 1 aliphatic carbocycles. The van der Waals surface area contributed by atoms with E-state index in [-0.39, 0.29) is 37.2 Å². The first-order chi connectivity index (χ1) is 12.8. The van der Waals surface area contributed by atoms with E-state index < -0.39 is 36.2 Å². The first-order valence-corrected chi connectivity index (χ1v) is 8.82. The maximum Gasteiger partial charge on any atom is 0.334 e. The molecule has 7 heteroatoms. The zero-order valence-electron chi connectivity index (χ0n) is 15.6. The molecule has 1 fully saturated rings. The van der Waals surface area contributed by atoms with Gasteiger partial charge < -0.3 is 24.8 Å². The third-order valence-corrected chi connectivity index (χ3v) is 4.89. The molecule has 0 bridgehead atoms. The Kier molecular flexibility index (Phi) is 7.12. The van der Waals surface area contributed by atoms with Gasteiger partial charge in [-0.05, 0) is 43.6 Å². The second-order valence-corrected chi connectivity index (χ2v) is 6.82. The van der Waals surface area contributed by atoms with E-state index in [4.69, 9.17) is 14.6 Å². The van der Waals surface area contributed by atoms with Crippen LogP contribution in [0.2, 0.25) is 0 Å². The van der Waals surface area contributed by atoms with Crippen molar-refractivity contribution in [3.63, 3.8) is 0 Å². The van der Waals surface area contributed by atoms with Crippen molar-refractivity contribution in [3.05, 3.63) is 47.1 Å². The van der Waals surface area contributed by atoms with E-state index in [1.54, 1.807) is 19.1 Å². The van der Waals surface area contributed by atoms with Crippen LogP contribution < -0.4 is 0 Å². The smallest absolute Gasteiger partial charge is 0.334 e. The quantitative estimate of drug-likeness (QED) is 0.379. The molecule has 1 heterocycles. The van der Waals surface area contributed by atoms with Gasteiger partial charge >= 0.3 is 11.9 Å². The Labute approximate surface area is 158 Å². The maximum absolute atomic E-state index is 12.3. The average Bonchev–Trinajstić information content (AvgIpc) is 2.90. The summed E-state index contributed by atoms with van der Waals surface area (Å²) in [5, 5.41) is 28.9. The number of aliphatic hydroxyl groups is 3. The number of rotatable bonds is 4. The molecule has 0 aromatic heterocycles. The minimum absolute atomic E-state index is 0.172. The van der Waals surface area contributed by atoms with E-state index in [9.17, 15) is 19.8 Å². The second kappa shape index (κ2) is 9.12. The lowest BCUT2D eigenvalue weighted by molar-refractivity contribution is -0.147. The molecule has 0 radical (unpaired) electrons. The Hall–Kier alpha value is -2.22. The minimum Gasteiger partial charge on any atom is -0.458 e. The van der Waals surface area contributed by atoms with Crippen LogP contribution in [0.5, 0.6) is 0 Å². The predicted molar refractivity (Wildman–Crippen MR) is 97.4 cm³/mol. The summed E-state index contributed by atoms with van der Waals surface area (Å²) in [6, 6.07) is 0.